The van der Waals surface area contributed by atoms with Crippen molar-refractivity contribution in [3.8, 4) is 5.75 Å². The van der Waals surface area contributed by atoms with Crippen molar-refractivity contribution in [2.24, 2.45) is 0 Å². The largest absolute Gasteiger partial charge is 0.496 e. The van der Waals surface area contributed by atoms with Gasteiger partial charge in [-0.3, -0.25) is 0 Å². The lowest BCUT2D eigenvalue weighted by atomic mass is 10.1. The monoisotopic (exact) mass is 242 g/mol. The molecule has 0 heterocycles. The molecule has 0 aliphatic carbocycles. The van der Waals surface area contributed by atoms with Gasteiger partial charge in [0.1, 0.15) is 11.3 Å². The smallest absolute Gasteiger partial charge is 0.341 e. The van der Waals surface area contributed by atoms with E-state index in [0.717, 1.165) is 11.1 Å². The molecule has 16 heavy (non-hydrogen) atoms. The lowest BCUT2D eigenvalue weighted by Crippen LogP contribution is -2.08. The van der Waals surface area contributed by atoms with Crippen LogP contribution in [0.15, 0.2) is 12.1 Å². The SMILES string of the molecule is CCOC(=O)c1cc(CCl)c(C)cc1OC. The zero-order chi connectivity index (χ0) is 12.1. The Morgan fingerprint density at radius 2 is 2.12 bits per heavy atom. The van der Waals surface area contributed by atoms with Gasteiger partial charge in [-0.2, -0.15) is 0 Å². The Kier molecular flexibility index (Phi) is 4.62. The van der Waals surface area contributed by atoms with Crippen LogP contribution in [0, 0.1) is 6.92 Å². The molecule has 1 aromatic rings. The number of alkyl halides is 1. The van der Waals surface area contributed by atoms with Gasteiger partial charge in [-0.15, -0.1) is 11.6 Å². The van der Waals surface area contributed by atoms with E-state index in [-0.39, 0.29) is 5.97 Å². The third-order valence-corrected chi connectivity index (χ3v) is 2.59. The van der Waals surface area contributed by atoms with Gasteiger partial charge in [0.15, 0.2) is 0 Å². The summed E-state index contributed by atoms with van der Waals surface area (Å²) in [6, 6.07) is 3.52. The number of halogens is 1. The Morgan fingerprint density at radius 3 is 2.62 bits per heavy atom. The highest BCUT2D eigenvalue weighted by atomic mass is 35.5. The lowest BCUT2D eigenvalue weighted by Gasteiger charge is -2.11. The van der Waals surface area contributed by atoms with E-state index in [1.165, 1.54) is 7.11 Å². The fraction of sp³-hybridized carbons (Fsp3) is 0.417. The minimum atomic E-state index is -0.384. The van der Waals surface area contributed by atoms with E-state index < -0.39 is 0 Å². The van der Waals surface area contributed by atoms with Crippen LogP contribution in [-0.2, 0) is 10.6 Å². The highest BCUT2D eigenvalue weighted by molar-refractivity contribution is 6.17. The molecule has 0 aliphatic heterocycles. The number of hydrogen-bond acceptors (Lipinski definition) is 3. The van der Waals surface area contributed by atoms with Crippen molar-refractivity contribution in [3.05, 3.63) is 28.8 Å². The summed E-state index contributed by atoms with van der Waals surface area (Å²) < 4.78 is 10.1. The standard InChI is InChI=1S/C12H15ClO3/c1-4-16-12(14)10-6-9(7-13)8(2)5-11(10)15-3/h5-6H,4,7H2,1-3H3. The van der Waals surface area contributed by atoms with Crippen LogP contribution in [0.2, 0.25) is 0 Å². The number of methoxy groups -OCH3 is 1. The molecule has 0 fully saturated rings. The average Bonchev–Trinajstić information content (AvgIpc) is 2.28. The molecule has 0 amide bonds. The van der Waals surface area contributed by atoms with Crippen LogP contribution in [0.3, 0.4) is 0 Å². The van der Waals surface area contributed by atoms with E-state index in [0.29, 0.717) is 23.8 Å². The Hall–Kier alpha value is -1.22. The van der Waals surface area contributed by atoms with Crippen LogP contribution in [-0.4, -0.2) is 19.7 Å². The highest BCUT2D eigenvalue weighted by Crippen LogP contribution is 2.25. The highest BCUT2D eigenvalue weighted by Gasteiger charge is 2.15. The molecule has 0 aliphatic rings. The fourth-order valence-electron chi connectivity index (χ4n) is 1.41. The topological polar surface area (TPSA) is 35.5 Å². The first-order chi connectivity index (χ1) is 7.63. The molecular weight excluding hydrogens is 228 g/mol. The molecule has 0 saturated heterocycles. The molecule has 1 aromatic carbocycles. The Labute approximate surface area is 100 Å². The van der Waals surface area contributed by atoms with E-state index in [1.54, 1.807) is 19.1 Å². The predicted molar refractivity (Wildman–Crippen MR) is 63.2 cm³/mol. The zero-order valence-corrected chi connectivity index (χ0v) is 10.4. The first-order valence-electron chi connectivity index (χ1n) is 5.04. The number of esters is 1. The minimum absolute atomic E-state index is 0.339. The summed E-state index contributed by atoms with van der Waals surface area (Å²) in [6.07, 6.45) is 0. The van der Waals surface area contributed by atoms with Gasteiger partial charge in [-0.25, -0.2) is 4.79 Å². The molecular formula is C12H15ClO3. The van der Waals surface area contributed by atoms with Gasteiger partial charge in [-0.05, 0) is 37.1 Å². The molecule has 0 radical (unpaired) electrons. The van der Waals surface area contributed by atoms with Crippen molar-refractivity contribution in [1.82, 2.24) is 0 Å². The lowest BCUT2D eigenvalue weighted by molar-refractivity contribution is 0.0522. The van der Waals surface area contributed by atoms with Gasteiger partial charge in [0.05, 0.1) is 13.7 Å². The quantitative estimate of drug-likeness (QED) is 0.602. The maximum Gasteiger partial charge on any atom is 0.341 e. The molecule has 0 aromatic heterocycles. The zero-order valence-electron chi connectivity index (χ0n) is 9.67. The van der Waals surface area contributed by atoms with Crippen LogP contribution in [0.25, 0.3) is 0 Å². The molecule has 0 unspecified atom stereocenters. The molecule has 0 bridgehead atoms. The van der Waals surface area contributed by atoms with Gasteiger partial charge in [0.2, 0.25) is 0 Å². The van der Waals surface area contributed by atoms with Gasteiger partial charge in [-0.1, -0.05) is 0 Å². The molecule has 1 rings (SSSR count). The number of carbonyl (C=O) groups is 1. The Bertz CT molecular complexity index is 388. The number of carbonyl (C=O) groups excluding carboxylic acids is 1. The number of hydrogen-bond donors (Lipinski definition) is 0. The van der Waals surface area contributed by atoms with Crippen LogP contribution < -0.4 is 4.74 Å². The molecule has 88 valence electrons. The number of rotatable bonds is 4. The average molecular weight is 243 g/mol. The number of ether oxygens (including phenoxy) is 2. The molecule has 0 spiro atoms. The van der Waals surface area contributed by atoms with E-state index >= 15 is 0 Å². The fourth-order valence-corrected chi connectivity index (χ4v) is 1.70. The van der Waals surface area contributed by atoms with Crippen molar-refractivity contribution in [1.29, 1.82) is 0 Å². The van der Waals surface area contributed by atoms with E-state index in [9.17, 15) is 4.79 Å². The van der Waals surface area contributed by atoms with Gasteiger partial charge in [0, 0.05) is 5.88 Å². The van der Waals surface area contributed by atoms with Gasteiger partial charge in [0.25, 0.3) is 0 Å². The third kappa shape index (κ3) is 2.67. The van der Waals surface area contributed by atoms with Gasteiger partial charge >= 0.3 is 5.97 Å². The predicted octanol–water partition coefficient (Wildman–Crippen LogP) is 2.92. The molecule has 4 heteroatoms. The molecule has 0 saturated carbocycles. The molecule has 0 N–H and O–H groups in total. The minimum Gasteiger partial charge on any atom is -0.496 e. The summed E-state index contributed by atoms with van der Waals surface area (Å²) in [5.74, 6) is 0.498. The van der Waals surface area contributed by atoms with Crippen molar-refractivity contribution < 1.29 is 14.3 Å². The van der Waals surface area contributed by atoms with Crippen molar-refractivity contribution >= 4 is 17.6 Å². The summed E-state index contributed by atoms with van der Waals surface area (Å²) in [5.41, 5.74) is 2.33. The van der Waals surface area contributed by atoms with Crippen molar-refractivity contribution in [3.63, 3.8) is 0 Å². The van der Waals surface area contributed by atoms with Crippen molar-refractivity contribution in [2.75, 3.05) is 13.7 Å². The maximum atomic E-state index is 11.7. The van der Waals surface area contributed by atoms with Crippen LogP contribution in [0.5, 0.6) is 5.75 Å². The van der Waals surface area contributed by atoms with Gasteiger partial charge < -0.3 is 9.47 Å². The second-order valence-corrected chi connectivity index (χ2v) is 3.60. The molecule has 0 atom stereocenters. The summed E-state index contributed by atoms with van der Waals surface area (Å²) in [7, 11) is 1.53. The van der Waals surface area contributed by atoms with Crippen LogP contribution >= 0.6 is 11.6 Å². The second kappa shape index (κ2) is 5.75. The second-order valence-electron chi connectivity index (χ2n) is 3.33. The summed E-state index contributed by atoms with van der Waals surface area (Å²) in [4.78, 5) is 11.7. The normalized spacial score (nSPS) is 10.0. The molecule has 3 nitrogen and oxygen atoms in total. The summed E-state index contributed by atoms with van der Waals surface area (Å²) in [6.45, 7) is 4.03. The van der Waals surface area contributed by atoms with Crippen LogP contribution in [0.1, 0.15) is 28.4 Å². The van der Waals surface area contributed by atoms with E-state index in [1.807, 2.05) is 6.92 Å². The Morgan fingerprint density at radius 1 is 1.44 bits per heavy atom. The third-order valence-electron chi connectivity index (χ3n) is 2.30. The summed E-state index contributed by atoms with van der Waals surface area (Å²) >= 11 is 5.79. The number of benzene rings is 1. The summed E-state index contributed by atoms with van der Waals surface area (Å²) in [5, 5.41) is 0. The Balaban J connectivity index is 3.19. The van der Waals surface area contributed by atoms with E-state index in [4.69, 9.17) is 21.1 Å². The van der Waals surface area contributed by atoms with E-state index in [2.05, 4.69) is 0 Å². The van der Waals surface area contributed by atoms with Crippen molar-refractivity contribution in [2.45, 2.75) is 19.7 Å². The van der Waals surface area contributed by atoms with Crippen LogP contribution in [0.4, 0.5) is 0 Å². The first kappa shape index (κ1) is 12.8. The first-order valence-corrected chi connectivity index (χ1v) is 5.58. The maximum absolute atomic E-state index is 11.7. The number of aryl methyl sites for hydroxylation is 1.